The SMILES string of the molecule is C(=NNc1nc(-c2ccccc2)cs1)c1ccc(CN2CCOCC2)cc1. The predicted octanol–water partition coefficient (Wildman–Crippen LogP) is 4.09. The van der Waals surface area contributed by atoms with Crippen molar-refractivity contribution >= 4 is 22.7 Å². The number of benzene rings is 2. The van der Waals surface area contributed by atoms with E-state index < -0.39 is 0 Å². The van der Waals surface area contributed by atoms with E-state index in [-0.39, 0.29) is 0 Å². The van der Waals surface area contributed by atoms with E-state index in [9.17, 15) is 0 Å². The molecule has 1 aliphatic rings. The summed E-state index contributed by atoms with van der Waals surface area (Å²) in [6.07, 6.45) is 1.82. The maximum absolute atomic E-state index is 5.39. The number of hydrazone groups is 1. The fraction of sp³-hybridized carbons (Fsp3) is 0.238. The van der Waals surface area contributed by atoms with E-state index in [1.807, 2.05) is 29.8 Å². The van der Waals surface area contributed by atoms with Crippen molar-refractivity contribution in [3.8, 4) is 11.3 Å². The van der Waals surface area contributed by atoms with E-state index in [1.165, 1.54) is 5.56 Å². The smallest absolute Gasteiger partial charge is 0.203 e. The van der Waals surface area contributed by atoms with Gasteiger partial charge in [-0.3, -0.25) is 10.3 Å². The molecule has 0 amide bonds. The minimum Gasteiger partial charge on any atom is -0.379 e. The van der Waals surface area contributed by atoms with Gasteiger partial charge in [0.1, 0.15) is 0 Å². The lowest BCUT2D eigenvalue weighted by Gasteiger charge is -2.26. The summed E-state index contributed by atoms with van der Waals surface area (Å²) in [7, 11) is 0. The van der Waals surface area contributed by atoms with Gasteiger partial charge >= 0.3 is 0 Å². The summed E-state index contributed by atoms with van der Waals surface area (Å²) in [6.45, 7) is 4.65. The molecule has 5 nitrogen and oxygen atoms in total. The van der Waals surface area contributed by atoms with Crippen molar-refractivity contribution in [2.45, 2.75) is 6.54 Å². The zero-order chi connectivity index (χ0) is 18.3. The second-order valence-electron chi connectivity index (χ2n) is 6.40. The van der Waals surface area contributed by atoms with Gasteiger partial charge in [0.2, 0.25) is 5.13 Å². The summed E-state index contributed by atoms with van der Waals surface area (Å²) in [5, 5.41) is 7.13. The molecule has 3 aromatic rings. The van der Waals surface area contributed by atoms with Gasteiger partial charge in [-0.15, -0.1) is 11.3 Å². The van der Waals surface area contributed by atoms with E-state index in [0.29, 0.717) is 0 Å². The van der Waals surface area contributed by atoms with Crippen molar-refractivity contribution in [2.75, 3.05) is 31.7 Å². The summed E-state index contributed by atoms with van der Waals surface area (Å²) in [6, 6.07) is 18.7. The third-order valence-corrected chi connectivity index (χ3v) is 5.18. The highest BCUT2D eigenvalue weighted by Gasteiger charge is 2.10. The van der Waals surface area contributed by atoms with E-state index in [1.54, 1.807) is 11.3 Å². The third-order valence-electron chi connectivity index (χ3n) is 4.44. The van der Waals surface area contributed by atoms with Gasteiger partial charge in [0.15, 0.2) is 0 Å². The number of thiazole rings is 1. The molecule has 6 heteroatoms. The molecule has 0 saturated carbocycles. The molecule has 2 heterocycles. The molecule has 1 fully saturated rings. The van der Waals surface area contributed by atoms with Crippen molar-refractivity contribution < 1.29 is 4.74 Å². The Kier molecular flexibility index (Phi) is 5.89. The molecule has 138 valence electrons. The van der Waals surface area contributed by atoms with Gasteiger partial charge in [-0.25, -0.2) is 4.98 Å². The molecule has 0 unspecified atom stereocenters. The molecule has 4 rings (SSSR count). The topological polar surface area (TPSA) is 49.8 Å². The Morgan fingerprint density at radius 3 is 2.63 bits per heavy atom. The first kappa shape index (κ1) is 17.9. The number of nitrogens with zero attached hydrogens (tertiary/aromatic N) is 3. The van der Waals surface area contributed by atoms with Crippen LogP contribution in [0.2, 0.25) is 0 Å². The second kappa shape index (κ2) is 8.90. The fourth-order valence-corrected chi connectivity index (χ4v) is 3.62. The molecule has 27 heavy (non-hydrogen) atoms. The number of morpholine rings is 1. The van der Waals surface area contributed by atoms with Gasteiger partial charge in [0, 0.05) is 30.6 Å². The van der Waals surface area contributed by atoms with Gasteiger partial charge in [-0.2, -0.15) is 5.10 Å². The first-order valence-electron chi connectivity index (χ1n) is 9.06. The van der Waals surface area contributed by atoms with Crippen LogP contribution in [-0.2, 0) is 11.3 Å². The Balaban J connectivity index is 1.31. The Morgan fingerprint density at radius 2 is 1.85 bits per heavy atom. The number of hydrogen-bond donors (Lipinski definition) is 1. The standard InChI is InChI=1S/C21H22N4OS/c1-2-4-19(5-3-1)20-16-27-21(23-20)24-22-14-17-6-8-18(9-7-17)15-25-10-12-26-13-11-25/h1-9,14,16H,10-13,15H2,(H,23,24). The average Bonchev–Trinajstić information content (AvgIpc) is 3.20. The summed E-state index contributed by atoms with van der Waals surface area (Å²) < 4.78 is 5.39. The highest BCUT2D eigenvalue weighted by atomic mass is 32.1. The van der Waals surface area contributed by atoms with Gasteiger partial charge in [-0.1, -0.05) is 54.6 Å². The second-order valence-corrected chi connectivity index (χ2v) is 7.26. The van der Waals surface area contributed by atoms with Crippen LogP contribution in [0.4, 0.5) is 5.13 Å². The minimum absolute atomic E-state index is 0.786. The lowest BCUT2D eigenvalue weighted by Crippen LogP contribution is -2.35. The van der Waals surface area contributed by atoms with Crippen LogP contribution in [0.1, 0.15) is 11.1 Å². The van der Waals surface area contributed by atoms with Crippen molar-refractivity contribution in [1.82, 2.24) is 9.88 Å². The summed E-state index contributed by atoms with van der Waals surface area (Å²) in [4.78, 5) is 6.99. The third kappa shape index (κ3) is 5.01. The van der Waals surface area contributed by atoms with Crippen LogP contribution in [0.5, 0.6) is 0 Å². The maximum Gasteiger partial charge on any atom is 0.203 e. The highest BCUT2D eigenvalue weighted by molar-refractivity contribution is 7.14. The van der Waals surface area contributed by atoms with Gasteiger partial charge < -0.3 is 4.74 Å². The minimum atomic E-state index is 0.786. The van der Waals surface area contributed by atoms with Crippen LogP contribution >= 0.6 is 11.3 Å². The molecule has 1 saturated heterocycles. The lowest BCUT2D eigenvalue weighted by molar-refractivity contribution is 0.0342. The van der Waals surface area contributed by atoms with Crippen LogP contribution in [0.15, 0.2) is 65.1 Å². The molecule has 0 bridgehead atoms. The lowest BCUT2D eigenvalue weighted by atomic mass is 10.1. The number of hydrogen-bond acceptors (Lipinski definition) is 6. The van der Waals surface area contributed by atoms with Crippen LogP contribution in [0, 0.1) is 0 Å². The number of anilines is 1. The summed E-state index contributed by atoms with van der Waals surface area (Å²) >= 11 is 1.55. The molecule has 1 N–H and O–H groups in total. The Bertz CT molecular complexity index is 871. The molecule has 0 spiro atoms. The monoisotopic (exact) mass is 378 g/mol. The van der Waals surface area contributed by atoms with Gasteiger partial charge in [-0.05, 0) is 11.1 Å². The average molecular weight is 379 g/mol. The van der Waals surface area contributed by atoms with Crippen LogP contribution in [0.3, 0.4) is 0 Å². The quantitative estimate of drug-likeness (QED) is 0.518. The predicted molar refractivity (Wildman–Crippen MR) is 111 cm³/mol. The van der Waals surface area contributed by atoms with E-state index in [2.05, 4.69) is 56.8 Å². The Morgan fingerprint density at radius 1 is 1.07 bits per heavy atom. The van der Waals surface area contributed by atoms with Crippen molar-refractivity contribution in [3.63, 3.8) is 0 Å². The number of nitrogens with one attached hydrogen (secondary N) is 1. The number of ether oxygens (including phenoxy) is 1. The Hall–Kier alpha value is -2.54. The molecular weight excluding hydrogens is 356 g/mol. The van der Waals surface area contributed by atoms with E-state index in [4.69, 9.17) is 4.74 Å². The molecule has 1 aliphatic heterocycles. The number of rotatable bonds is 6. The molecule has 0 radical (unpaired) electrons. The Labute approximate surface area is 163 Å². The highest BCUT2D eigenvalue weighted by Crippen LogP contribution is 2.24. The largest absolute Gasteiger partial charge is 0.379 e. The summed E-state index contributed by atoms with van der Waals surface area (Å²) in [5.74, 6) is 0. The number of aromatic nitrogens is 1. The summed E-state index contributed by atoms with van der Waals surface area (Å²) in [5.41, 5.74) is 7.47. The fourth-order valence-electron chi connectivity index (χ4n) is 2.96. The first-order valence-corrected chi connectivity index (χ1v) is 9.94. The first-order chi connectivity index (χ1) is 13.4. The molecule has 2 aromatic carbocycles. The van der Waals surface area contributed by atoms with Crippen molar-refractivity contribution in [3.05, 3.63) is 71.1 Å². The van der Waals surface area contributed by atoms with Crippen molar-refractivity contribution in [1.29, 1.82) is 0 Å². The molecule has 1 aromatic heterocycles. The zero-order valence-corrected chi connectivity index (χ0v) is 15.9. The van der Waals surface area contributed by atoms with Crippen LogP contribution < -0.4 is 5.43 Å². The van der Waals surface area contributed by atoms with E-state index in [0.717, 1.165) is 54.8 Å². The van der Waals surface area contributed by atoms with Crippen LogP contribution in [0.25, 0.3) is 11.3 Å². The van der Waals surface area contributed by atoms with Crippen molar-refractivity contribution in [2.24, 2.45) is 5.10 Å². The maximum atomic E-state index is 5.39. The van der Waals surface area contributed by atoms with Gasteiger partial charge in [0.25, 0.3) is 0 Å². The normalized spacial score (nSPS) is 15.3. The van der Waals surface area contributed by atoms with E-state index >= 15 is 0 Å². The molecule has 0 aliphatic carbocycles. The van der Waals surface area contributed by atoms with Crippen LogP contribution in [-0.4, -0.2) is 42.4 Å². The van der Waals surface area contributed by atoms with Gasteiger partial charge in [0.05, 0.1) is 25.1 Å². The molecule has 0 atom stereocenters. The molecular formula is C21H22N4OS. The zero-order valence-electron chi connectivity index (χ0n) is 15.0.